The number of aliphatic carboxylic acids is 1. The maximum absolute atomic E-state index is 11.2. The van der Waals surface area contributed by atoms with Crippen molar-refractivity contribution in [1.82, 2.24) is 20.0 Å². The molecule has 1 aliphatic rings. The lowest BCUT2D eigenvalue weighted by atomic mass is 10.2. The van der Waals surface area contributed by atoms with Gasteiger partial charge in [0.25, 0.3) is 0 Å². The molecule has 1 saturated heterocycles. The Labute approximate surface area is 114 Å². The number of aryl methyl sites for hydroxylation is 2. The summed E-state index contributed by atoms with van der Waals surface area (Å²) in [5, 5.41) is 16.7. The number of carbonyl (C=O) groups is 1. The first-order valence-electron chi connectivity index (χ1n) is 5.86. The van der Waals surface area contributed by atoms with Crippen molar-refractivity contribution in [3.8, 4) is 0 Å². The predicted molar refractivity (Wildman–Crippen MR) is 70.3 cm³/mol. The first-order valence-corrected chi connectivity index (χ1v) is 6.65. The van der Waals surface area contributed by atoms with Gasteiger partial charge in [-0.25, -0.2) is 0 Å². The standard InChI is InChI=1S/C11H17BrN4O2/c1-7-10(12)9(15(2)14-7)6-16-4-3-13-5-8(16)11(17)18/h8,13H,3-6H2,1-2H3,(H,17,18). The lowest BCUT2D eigenvalue weighted by molar-refractivity contribution is -0.144. The molecule has 2 rings (SSSR count). The van der Waals surface area contributed by atoms with Gasteiger partial charge in [0.15, 0.2) is 0 Å². The monoisotopic (exact) mass is 316 g/mol. The number of halogens is 1. The molecule has 1 aromatic heterocycles. The van der Waals surface area contributed by atoms with Gasteiger partial charge in [-0.15, -0.1) is 0 Å². The van der Waals surface area contributed by atoms with Crippen LogP contribution >= 0.6 is 15.9 Å². The smallest absolute Gasteiger partial charge is 0.322 e. The molecule has 1 atom stereocenters. The van der Waals surface area contributed by atoms with E-state index in [0.717, 1.165) is 29.0 Å². The van der Waals surface area contributed by atoms with Crippen LogP contribution in [0.3, 0.4) is 0 Å². The van der Waals surface area contributed by atoms with E-state index in [2.05, 4.69) is 26.3 Å². The molecule has 1 aromatic rings. The average molecular weight is 317 g/mol. The molecular weight excluding hydrogens is 300 g/mol. The molecule has 2 N–H and O–H groups in total. The number of nitrogens with one attached hydrogen (secondary N) is 1. The highest BCUT2D eigenvalue weighted by atomic mass is 79.9. The normalized spacial score (nSPS) is 21.2. The Balaban J connectivity index is 2.18. The van der Waals surface area contributed by atoms with Gasteiger partial charge in [0, 0.05) is 33.2 Å². The second-order valence-corrected chi connectivity index (χ2v) is 5.29. The SMILES string of the molecule is Cc1nn(C)c(CN2CCNCC2C(=O)O)c1Br. The van der Waals surface area contributed by atoms with Crippen molar-refractivity contribution in [3.63, 3.8) is 0 Å². The van der Waals surface area contributed by atoms with Crippen molar-refractivity contribution in [2.75, 3.05) is 19.6 Å². The van der Waals surface area contributed by atoms with Gasteiger partial charge in [-0.3, -0.25) is 14.4 Å². The largest absolute Gasteiger partial charge is 0.480 e. The summed E-state index contributed by atoms with van der Waals surface area (Å²) in [5.74, 6) is -0.780. The Hall–Kier alpha value is -0.920. The van der Waals surface area contributed by atoms with Gasteiger partial charge >= 0.3 is 5.97 Å². The second kappa shape index (κ2) is 5.38. The first kappa shape index (κ1) is 13.5. The highest BCUT2D eigenvalue weighted by molar-refractivity contribution is 9.10. The molecule has 1 aliphatic heterocycles. The Morgan fingerprint density at radius 2 is 2.39 bits per heavy atom. The van der Waals surface area contributed by atoms with Crippen LogP contribution in [0.15, 0.2) is 4.47 Å². The molecule has 0 bridgehead atoms. The topological polar surface area (TPSA) is 70.4 Å². The van der Waals surface area contributed by atoms with Crippen LogP contribution in [0.2, 0.25) is 0 Å². The molecular formula is C11H17BrN4O2. The summed E-state index contributed by atoms with van der Waals surface area (Å²) in [6.07, 6.45) is 0. The molecule has 18 heavy (non-hydrogen) atoms. The summed E-state index contributed by atoms with van der Waals surface area (Å²) in [5.41, 5.74) is 1.94. The van der Waals surface area contributed by atoms with E-state index in [1.165, 1.54) is 0 Å². The molecule has 2 heterocycles. The number of carboxylic acids is 1. The zero-order valence-corrected chi connectivity index (χ0v) is 12.1. The number of carboxylic acid groups (broad SMARTS) is 1. The van der Waals surface area contributed by atoms with Gasteiger partial charge < -0.3 is 10.4 Å². The van der Waals surface area contributed by atoms with Crippen LogP contribution in [0.4, 0.5) is 0 Å². The fourth-order valence-corrected chi connectivity index (χ4v) is 2.68. The Bertz CT molecular complexity index is 460. The lowest BCUT2D eigenvalue weighted by Gasteiger charge is -2.33. The third-order valence-electron chi connectivity index (χ3n) is 3.25. The van der Waals surface area contributed by atoms with Gasteiger partial charge in [0.05, 0.1) is 15.9 Å². The van der Waals surface area contributed by atoms with Gasteiger partial charge in [0.2, 0.25) is 0 Å². The third-order valence-corrected chi connectivity index (χ3v) is 4.29. The number of rotatable bonds is 3. The van der Waals surface area contributed by atoms with Crippen molar-refractivity contribution in [3.05, 3.63) is 15.9 Å². The summed E-state index contributed by atoms with van der Waals surface area (Å²) < 4.78 is 2.77. The molecule has 0 amide bonds. The minimum absolute atomic E-state index is 0.471. The van der Waals surface area contributed by atoms with E-state index in [0.29, 0.717) is 13.1 Å². The molecule has 7 heteroatoms. The molecule has 0 saturated carbocycles. The van der Waals surface area contributed by atoms with Crippen LogP contribution in [0.1, 0.15) is 11.4 Å². The Kier molecular flexibility index (Phi) is 4.04. The van der Waals surface area contributed by atoms with Crippen LogP contribution in [-0.2, 0) is 18.4 Å². The summed E-state index contributed by atoms with van der Waals surface area (Å²) in [7, 11) is 1.88. The molecule has 0 radical (unpaired) electrons. The number of aromatic nitrogens is 2. The first-order chi connectivity index (χ1) is 8.50. The van der Waals surface area contributed by atoms with Gasteiger partial charge in [-0.05, 0) is 22.9 Å². The molecule has 6 nitrogen and oxygen atoms in total. The Morgan fingerprint density at radius 1 is 1.67 bits per heavy atom. The van der Waals surface area contributed by atoms with E-state index >= 15 is 0 Å². The molecule has 1 unspecified atom stereocenters. The van der Waals surface area contributed by atoms with E-state index < -0.39 is 12.0 Å². The number of hydrogen-bond donors (Lipinski definition) is 2. The molecule has 0 aliphatic carbocycles. The van der Waals surface area contributed by atoms with Gasteiger partial charge in [-0.1, -0.05) is 0 Å². The van der Waals surface area contributed by atoms with Gasteiger partial charge in [0.1, 0.15) is 6.04 Å². The minimum atomic E-state index is -0.780. The van der Waals surface area contributed by atoms with Crippen LogP contribution in [0, 0.1) is 6.92 Å². The quantitative estimate of drug-likeness (QED) is 0.842. The van der Waals surface area contributed by atoms with Crippen LogP contribution in [-0.4, -0.2) is 51.4 Å². The summed E-state index contributed by atoms with van der Waals surface area (Å²) in [6, 6.07) is -0.471. The maximum atomic E-state index is 11.2. The molecule has 1 fully saturated rings. The minimum Gasteiger partial charge on any atom is -0.480 e. The lowest BCUT2D eigenvalue weighted by Crippen LogP contribution is -2.54. The van der Waals surface area contributed by atoms with E-state index in [-0.39, 0.29) is 0 Å². The fraction of sp³-hybridized carbons (Fsp3) is 0.636. The maximum Gasteiger partial charge on any atom is 0.322 e. The van der Waals surface area contributed by atoms with Crippen molar-refractivity contribution in [2.24, 2.45) is 7.05 Å². The van der Waals surface area contributed by atoms with Crippen LogP contribution < -0.4 is 5.32 Å². The third kappa shape index (κ3) is 2.57. The van der Waals surface area contributed by atoms with E-state index in [4.69, 9.17) is 0 Å². The predicted octanol–water partition coefficient (Wildman–Crippen LogP) is 0.349. The van der Waals surface area contributed by atoms with Crippen molar-refractivity contribution < 1.29 is 9.90 Å². The summed E-state index contributed by atoms with van der Waals surface area (Å²) in [6.45, 7) is 4.56. The van der Waals surface area contributed by atoms with Crippen LogP contribution in [0.25, 0.3) is 0 Å². The number of nitrogens with zero attached hydrogens (tertiary/aromatic N) is 3. The van der Waals surface area contributed by atoms with Crippen molar-refractivity contribution in [1.29, 1.82) is 0 Å². The highest BCUT2D eigenvalue weighted by Crippen LogP contribution is 2.22. The van der Waals surface area contributed by atoms with Crippen molar-refractivity contribution in [2.45, 2.75) is 19.5 Å². The Morgan fingerprint density at radius 3 is 2.94 bits per heavy atom. The van der Waals surface area contributed by atoms with E-state index in [1.54, 1.807) is 4.68 Å². The van der Waals surface area contributed by atoms with Crippen LogP contribution in [0.5, 0.6) is 0 Å². The summed E-state index contributed by atoms with van der Waals surface area (Å²) in [4.78, 5) is 13.2. The fourth-order valence-electron chi connectivity index (χ4n) is 2.22. The average Bonchev–Trinajstić information content (AvgIpc) is 2.56. The van der Waals surface area contributed by atoms with E-state index in [9.17, 15) is 9.90 Å². The second-order valence-electron chi connectivity index (χ2n) is 4.50. The van der Waals surface area contributed by atoms with Gasteiger partial charge in [-0.2, -0.15) is 5.10 Å². The highest BCUT2D eigenvalue weighted by Gasteiger charge is 2.29. The molecule has 100 valence electrons. The zero-order chi connectivity index (χ0) is 13.3. The van der Waals surface area contributed by atoms with Crippen molar-refractivity contribution >= 4 is 21.9 Å². The zero-order valence-electron chi connectivity index (χ0n) is 10.5. The summed E-state index contributed by atoms with van der Waals surface area (Å²) >= 11 is 3.51. The molecule has 0 spiro atoms. The molecule has 0 aromatic carbocycles. The number of piperazine rings is 1. The number of hydrogen-bond acceptors (Lipinski definition) is 4. The van der Waals surface area contributed by atoms with E-state index in [1.807, 2.05) is 18.9 Å².